The Morgan fingerprint density at radius 3 is 2.42 bits per heavy atom. The van der Waals surface area contributed by atoms with Crippen LogP contribution < -0.4 is 5.32 Å². The molecule has 142 valence electrons. The fourth-order valence-corrected chi connectivity index (χ4v) is 4.61. The van der Waals surface area contributed by atoms with Crippen molar-refractivity contribution >= 4 is 21.6 Å². The Bertz CT molecular complexity index is 871. The van der Waals surface area contributed by atoms with E-state index in [2.05, 4.69) is 5.32 Å². The van der Waals surface area contributed by atoms with Crippen molar-refractivity contribution < 1.29 is 17.9 Å². The second-order valence-corrected chi connectivity index (χ2v) is 8.03. The second kappa shape index (κ2) is 8.51. The zero-order chi connectivity index (χ0) is 19.3. The second-order valence-electron chi connectivity index (χ2n) is 6.15. The number of anilines is 1. The van der Waals surface area contributed by atoms with E-state index in [1.54, 1.807) is 44.4 Å². The highest BCUT2D eigenvalue weighted by Gasteiger charge is 2.30. The number of nitrogens with zero attached hydrogens (tertiary/aromatic N) is 1. The molecule has 26 heavy (non-hydrogen) atoms. The molecule has 0 spiro atoms. The summed E-state index contributed by atoms with van der Waals surface area (Å²) in [5, 5.41) is 2.82. The third-order valence-electron chi connectivity index (χ3n) is 4.35. The van der Waals surface area contributed by atoms with Gasteiger partial charge in [-0.1, -0.05) is 25.1 Å². The standard InChI is InChI=1S/C19H26N2O4S/c1-5-9-17(22)20-19-18(14(2)15(3)21(19)12-13-25-4)26(23,24)16-10-7-6-8-11-16/h6-8,10-11H,5,9,12-13H2,1-4H3,(H,20,22). The smallest absolute Gasteiger partial charge is 0.225 e. The van der Waals surface area contributed by atoms with Crippen LogP contribution in [0.3, 0.4) is 0 Å². The van der Waals surface area contributed by atoms with E-state index >= 15 is 0 Å². The Balaban J connectivity index is 2.65. The largest absolute Gasteiger partial charge is 0.383 e. The first-order valence-corrected chi connectivity index (χ1v) is 10.1. The minimum atomic E-state index is -3.76. The average Bonchev–Trinajstić information content (AvgIpc) is 2.85. The Hall–Kier alpha value is -2.12. The van der Waals surface area contributed by atoms with Gasteiger partial charge in [-0.05, 0) is 38.0 Å². The molecule has 2 rings (SSSR count). The SMILES string of the molecule is CCCC(=O)Nc1c(S(=O)(=O)c2ccccc2)c(C)c(C)n1CCOC. The number of benzene rings is 1. The van der Waals surface area contributed by atoms with Crippen LogP contribution in [-0.2, 0) is 25.9 Å². The molecule has 0 atom stereocenters. The van der Waals surface area contributed by atoms with Gasteiger partial charge in [-0.25, -0.2) is 8.42 Å². The molecule has 7 heteroatoms. The van der Waals surface area contributed by atoms with Gasteiger partial charge in [-0.3, -0.25) is 4.79 Å². The lowest BCUT2D eigenvalue weighted by Gasteiger charge is -2.14. The maximum Gasteiger partial charge on any atom is 0.225 e. The molecule has 1 heterocycles. The van der Waals surface area contributed by atoms with Crippen molar-refractivity contribution in [1.29, 1.82) is 0 Å². The van der Waals surface area contributed by atoms with Gasteiger partial charge < -0.3 is 14.6 Å². The monoisotopic (exact) mass is 378 g/mol. The first-order chi connectivity index (χ1) is 12.3. The van der Waals surface area contributed by atoms with Crippen LogP contribution in [0.1, 0.15) is 31.0 Å². The molecule has 0 aliphatic rings. The van der Waals surface area contributed by atoms with Gasteiger partial charge in [0.25, 0.3) is 0 Å². The highest BCUT2D eigenvalue weighted by molar-refractivity contribution is 7.91. The summed E-state index contributed by atoms with van der Waals surface area (Å²) >= 11 is 0. The van der Waals surface area contributed by atoms with E-state index in [9.17, 15) is 13.2 Å². The van der Waals surface area contributed by atoms with Crippen molar-refractivity contribution in [2.75, 3.05) is 19.0 Å². The van der Waals surface area contributed by atoms with E-state index in [-0.39, 0.29) is 15.7 Å². The molecule has 0 fully saturated rings. The predicted molar refractivity (Wildman–Crippen MR) is 101 cm³/mol. The number of hydrogen-bond donors (Lipinski definition) is 1. The minimum Gasteiger partial charge on any atom is -0.383 e. The topological polar surface area (TPSA) is 77.4 Å². The number of carbonyl (C=O) groups is 1. The molecule has 2 aromatic rings. The number of methoxy groups -OCH3 is 1. The summed E-state index contributed by atoms with van der Waals surface area (Å²) in [6.45, 7) is 6.39. The first-order valence-electron chi connectivity index (χ1n) is 8.63. The van der Waals surface area contributed by atoms with Gasteiger partial charge in [-0.15, -0.1) is 0 Å². The lowest BCUT2D eigenvalue weighted by molar-refractivity contribution is -0.116. The van der Waals surface area contributed by atoms with Crippen molar-refractivity contribution in [2.45, 2.75) is 49.9 Å². The molecule has 0 aliphatic heterocycles. The van der Waals surface area contributed by atoms with Crippen molar-refractivity contribution in [1.82, 2.24) is 4.57 Å². The zero-order valence-corrected chi connectivity index (χ0v) is 16.5. The number of carbonyl (C=O) groups excluding carboxylic acids is 1. The Morgan fingerprint density at radius 2 is 1.85 bits per heavy atom. The average molecular weight is 378 g/mol. The van der Waals surface area contributed by atoms with Gasteiger partial charge in [0.15, 0.2) is 0 Å². The summed E-state index contributed by atoms with van der Waals surface area (Å²) in [6, 6.07) is 8.27. The summed E-state index contributed by atoms with van der Waals surface area (Å²) in [6.07, 6.45) is 1.02. The molecule has 0 saturated carbocycles. The normalized spacial score (nSPS) is 11.5. The lowest BCUT2D eigenvalue weighted by Crippen LogP contribution is -2.18. The maximum atomic E-state index is 13.3. The van der Waals surface area contributed by atoms with E-state index in [1.165, 1.54) is 0 Å². The molecule has 0 saturated heterocycles. The van der Waals surface area contributed by atoms with Gasteiger partial charge in [0, 0.05) is 25.8 Å². The lowest BCUT2D eigenvalue weighted by atomic mass is 10.3. The minimum absolute atomic E-state index is 0.154. The molecular formula is C19H26N2O4S. The molecule has 0 aliphatic carbocycles. The molecule has 1 N–H and O–H groups in total. The third kappa shape index (κ3) is 3.99. The van der Waals surface area contributed by atoms with Crippen LogP contribution in [0, 0.1) is 13.8 Å². The summed E-state index contributed by atoms with van der Waals surface area (Å²) in [5.41, 5.74) is 1.43. The molecule has 0 radical (unpaired) electrons. The van der Waals surface area contributed by atoms with E-state index < -0.39 is 9.84 Å². The maximum absolute atomic E-state index is 13.3. The first kappa shape index (κ1) is 20.2. The quantitative estimate of drug-likeness (QED) is 0.764. The van der Waals surface area contributed by atoms with E-state index in [0.29, 0.717) is 37.4 Å². The number of aromatic nitrogens is 1. The molecule has 1 aromatic carbocycles. The van der Waals surface area contributed by atoms with Gasteiger partial charge in [-0.2, -0.15) is 0 Å². The Morgan fingerprint density at radius 1 is 1.19 bits per heavy atom. The molecule has 0 unspecified atom stereocenters. The van der Waals surface area contributed by atoms with Gasteiger partial charge in [0.1, 0.15) is 10.7 Å². The van der Waals surface area contributed by atoms with Crippen molar-refractivity contribution in [2.24, 2.45) is 0 Å². The van der Waals surface area contributed by atoms with Crippen molar-refractivity contribution in [3.8, 4) is 0 Å². The number of sulfone groups is 1. The Kier molecular flexibility index (Phi) is 6.61. The summed E-state index contributed by atoms with van der Waals surface area (Å²) in [7, 11) is -2.18. The van der Waals surface area contributed by atoms with Crippen LogP contribution >= 0.6 is 0 Å². The van der Waals surface area contributed by atoms with E-state index in [0.717, 1.165) is 5.69 Å². The molecule has 0 bridgehead atoms. The van der Waals surface area contributed by atoms with Gasteiger partial charge in [0.05, 0.1) is 11.5 Å². The molecule has 6 nitrogen and oxygen atoms in total. The number of ether oxygens (including phenoxy) is 1. The zero-order valence-electron chi connectivity index (χ0n) is 15.7. The number of rotatable bonds is 8. The van der Waals surface area contributed by atoms with Crippen LogP contribution in [-0.4, -0.2) is 32.6 Å². The van der Waals surface area contributed by atoms with Crippen LogP contribution in [0.4, 0.5) is 5.82 Å². The molecule has 1 aromatic heterocycles. The fourth-order valence-electron chi connectivity index (χ4n) is 2.89. The van der Waals surface area contributed by atoms with Crippen LogP contribution in [0.25, 0.3) is 0 Å². The van der Waals surface area contributed by atoms with Crippen molar-refractivity contribution in [3.05, 3.63) is 41.6 Å². The fraction of sp³-hybridized carbons (Fsp3) is 0.421. The van der Waals surface area contributed by atoms with Crippen LogP contribution in [0.5, 0.6) is 0 Å². The highest BCUT2D eigenvalue weighted by atomic mass is 32.2. The summed E-state index contributed by atoms with van der Waals surface area (Å²) in [4.78, 5) is 12.6. The van der Waals surface area contributed by atoms with E-state index in [1.807, 2.05) is 18.4 Å². The van der Waals surface area contributed by atoms with Gasteiger partial charge in [0.2, 0.25) is 15.7 Å². The van der Waals surface area contributed by atoms with Crippen LogP contribution in [0.2, 0.25) is 0 Å². The molecular weight excluding hydrogens is 352 g/mol. The van der Waals surface area contributed by atoms with Crippen LogP contribution in [0.15, 0.2) is 40.1 Å². The number of amides is 1. The summed E-state index contributed by atoms with van der Waals surface area (Å²) < 4.78 is 33.5. The summed E-state index contributed by atoms with van der Waals surface area (Å²) in [5.74, 6) is 0.118. The highest BCUT2D eigenvalue weighted by Crippen LogP contribution is 2.35. The Labute approximate surface area is 155 Å². The number of hydrogen-bond acceptors (Lipinski definition) is 4. The molecule has 1 amide bonds. The number of nitrogens with one attached hydrogen (secondary N) is 1. The third-order valence-corrected chi connectivity index (χ3v) is 6.28. The predicted octanol–water partition coefficient (Wildman–Crippen LogP) is 3.32. The van der Waals surface area contributed by atoms with E-state index in [4.69, 9.17) is 4.74 Å². The van der Waals surface area contributed by atoms with Crippen molar-refractivity contribution in [3.63, 3.8) is 0 Å². The van der Waals surface area contributed by atoms with Gasteiger partial charge >= 0.3 is 0 Å².